The number of fused-ring (bicyclic) bond motifs is 1. The minimum absolute atomic E-state index is 0.455. The Labute approximate surface area is 125 Å². The molecule has 0 saturated heterocycles. The summed E-state index contributed by atoms with van der Waals surface area (Å²) in [7, 11) is 2.18. The summed E-state index contributed by atoms with van der Waals surface area (Å²) < 4.78 is 0. The number of nitriles is 1. The normalized spacial score (nSPS) is 15.9. The second-order valence-electron chi connectivity index (χ2n) is 5.81. The average Bonchev–Trinajstić information content (AvgIpc) is 3.35. The quantitative estimate of drug-likeness (QED) is 0.914. The summed E-state index contributed by atoms with van der Waals surface area (Å²) in [6.07, 6.45) is 2.63. The van der Waals surface area contributed by atoms with Gasteiger partial charge in [0.2, 0.25) is 0 Å². The predicted octanol–water partition coefficient (Wildman–Crippen LogP) is 3.00. The largest absolute Gasteiger partial charge is 0.368 e. The van der Waals surface area contributed by atoms with E-state index in [-0.39, 0.29) is 0 Å². The fraction of sp³-hybridized carbons (Fsp3) is 0.412. The lowest BCUT2D eigenvalue weighted by Crippen LogP contribution is -2.36. The van der Waals surface area contributed by atoms with Crippen molar-refractivity contribution >= 4 is 16.7 Å². The molecule has 4 heteroatoms. The van der Waals surface area contributed by atoms with E-state index in [9.17, 15) is 5.26 Å². The summed E-state index contributed by atoms with van der Waals surface area (Å²) in [6.45, 7) is 3.06. The van der Waals surface area contributed by atoms with E-state index in [1.165, 1.54) is 12.8 Å². The molecule has 1 aromatic carbocycles. The summed E-state index contributed by atoms with van der Waals surface area (Å²) in [5, 5.41) is 13.6. The molecule has 1 heterocycles. The second kappa shape index (κ2) is 5.71. The van der Waals surface area contributed by atoms with E-state index in [0.717, 1.165) is 29.3 Å². The molecular weight excluding hydrogens is 260 g/mol. The Bertz CT molecular complexity index is 685. The van der Waals surface area contributed by atoms with Gasteiger partial charge in [0.1, 0.15) is 5.82 Å². The van der Waals surface area contributed by atoms with E-state index in [4.69, 9.17) is 0 Å². The number of nitrogens with one attached hydrogen (secondary N) is 1. The lowest BCUT2D eigenvalue weighted by Gasteiger charge is -2.24. The molecule has 1 fully saturated rings. The van der Waals surface area contributed by atoms with Crippen molar-refractivity contribution in [3.05, 3.63) is 35.9 Å². The van der Waals surface area contributed by atoms with Crippen molar-refractivity contribution in [2.24, 2.45) is 0 Å². The number of benzene rings is 1. The number of anilines is 1. The van der Waals surface area contributed by atoms with Gasteiger partial charge in [-0.25, -0.2) is 4.98 Å². The van der Waals surface area contributed by atoms with Crippen LogP contribution in [0.3, 0.4) is 0 Å². The molecule has 1 aliphatic carbocycles. The Morgan fingerprint density at radius 3 is 2.90 bits per heavy atom. The van der Waals surface area contributed by atoms with E-state index in [1.807, 2.05) is 30.3 Å². The van der Waals surface area contributed by atoms with E-state index < -0.39 is 0 Å². The van der Waals surface area contributed by atoms with Crippen molar-refractivity contribution in [2.45, 2.75) is 31.8 Å². The predicted molar refractivity (Wildman–Crippen MR) is 85.2 cm³/mol. The fourth-order valence-electron chi connectivity index (χ4n) is 2.60. The van der Waals surface area contributed by atoms with E-state index in [2.05, 4.69) is 35.2 Å². The summed E-state index contributed by atoms with van der Waals surface area (Å²) in [5.74, 6) is 0.779. The first-order chi connectivity index (χ1) is 10.2. The van der Waals surface area contributed by atoms with Crippen LogP contribution in [-0.2, 0) is 0 Å². The van der Waals surface area contributed by atoms with Crippen LogP contribution in [-0.4, -0.2) is 35.6 Å². The minimum atomic E-state index is 0.455. The number of pyridine rings is 1. The molecule has 0 spiro atoms. The monoisotopic (exact) mass is 280 g/mol. The number of para-hydroxylation sites is 1. The van der Waals surface area contributed by atoms with Gasteiger partial charge in [0.25, 0.3) is 0 Å². The van der Waals surface area contributed by atoms with Gasteiger partial charge in [-0.1, -0.05) is 18.2 Å². The van der Waals surface area contributed by atoms with Crippen LogP contribution in [0.15, 0.2) is 30.3 Å². The molecule has 2 aromatic rings. The van der Waals surface area contributed by atoms with Gasteiger partial charge in [-0.3, -0.25) is 4.90 Å². The number of rotatable bonds is 5. The SMILES string of the molecule is CC(CNc1cc(C#N)c2ccccc2n1)N(C)C1CC1. The van der Waals surface area contributed by atoms with Crippen LogP contribution in [0.4, 0.5) is 5.82 Å². The third-order valence-electron chi connectivity index (χ3n) is 4.23. The first-order valence-electron chi connectivity index (χ1n) is 7.44. The smallest absolute Gasteiger partial charge is 0.128 e. The molecule has 0 amide bonds. The van der Waals surface area contributed by atoms with Crippen LogP contribution in [0, 0.1) is 11.3 Å². The lowest BCUT2D eigenvalue weighted by atomic mass is 10.1. The molecular formula is C17H20N4. The van der Waals surface area contributed by atoms with Crippen LogP contribution in [0.2, 0.25) is 0 Å². The third-order valence-corrected chi connectivity index (χ3v) is 4.23. The van der Waals surface area contributed by atoms with Gasteiger partial charge in [-0.05, 0) is 38.9 Å². The second-order valence-corrected chi connectivity index (χ2v) is 5.81. The van der Waals surface area contributed by atoms with Crippen LogP contribution >= 0.6 is 0 Å². The summed E-state index contributed by atoms with van der Waals surface area (Å²) >= 11 is 0. The first kappa shape index (κ1) is 13.8. The molecule has 1 unspecified atom stereocenters. The van der Waals surface area contributed by atoms with Gasteiger partial charge in [-0.15, -0.1) is 0 Å². The molecule has 0 aliphatic heterocycles. The van der Waals surface area contributed by atoms with Crippen molar-refractivity contribution in [1.82, 2.24) is 9.88 Å². The van der Waals surface area contributed by atoms with Crippen LogP contribution < -0.4 is 5.32 Å². The van der Waals surface area contributed by atoms with Gasteiger partial charge >= 0.3 is 0 Å². The van der Waals surface area contributed by atoms with Crippen molar-refractivity contribution in [3.63, 3.8) is 0 Å². The molecule has 3 rings (SSSR count). The summed E-state index contributed by atoms with van der Waals surface area (Å²) in [5.41, 5.74) is 1.54. The number of nitrogens with zero attached hydrogens (tertiary/aromatic N) is 3. The number of hydrogen-bond donors (Lipinski definition) is 1. The lowest BCUT2D eigenvalue weighted by molar-refractivity contribution is 0.257. The van der Waals surface area contributed by atoms with Crippen molar-refractivity contribution in [3.8, 4) is 6.07 Å². The highest BCUT2D eigenvalue weighted by molar-refractivity contribution is 5.86. The van der Waals surface area contributed by atoms with Crippen molar-refractivity contribution in [1.29, 1.82) is 5.26 Å². The Hall–Kier alpha value is -2.12. The van der Waals surface area contributed by atoms with Gasteiger partial charge in [0.15, 0.2) is 0 Å². The van der Waals surface area contributed by atoms with Gasteiger partial charge in [-0.2, -0.15) is 5.26 Å². The number of hydrogen-bond acceptors (Lipinski definition) is 4. The van der Waals surface area contributed by atoms with E-state index >= 15 is 0 Å². The molecule has 1 atom stereocenters. The molecule has 1 saturated carbocycles. The average molecular weight is 280 g/mol. The topological polar surface area (TPSA) is 52.0 Å². The Balaban J connectivity index is 1.76. The zero-order valence-corrected chi connectivity index (χ0v) is 12.5. The van der Waals surface area contributed by atoms with E-state index in [0.29, 0.717) is 11.6 Å². The van der Waals surface area contributed by atoms with Crippen molar-refractivity contribution in [2.75, 3.05) is 18.9 Å². The summed E-state index contributed by atoms with van der Waals surface area (Å²) in [6, 6.07) is 13.1. The fourth-order valence-corrected chi connectivity index (χ4v) is 2.60. The molecule has 108 valence electrons. The maximum Gasteiger partial charge on any atom is 0.128 e. The Morgan fingerprint density at radius 1 is 1.43 bits per heavy atom. The molecule has 4 nitrogen and oxygen atoms in total. The van der Waals surface area contributed by atoms with Crippen LogP contribution in [0.5, 0.6) is 0 Å². The van der Waals surface area contributed by atoms with Gasteiger partial charge < -0.3 is 5.32 Å². The standard InChI is InChI=1S/C17H20N4/c1-12(21(2)14-7-8-14)11-19-17-9-13(10-18)15-5-3-4-6-16(15)20-17/h3-6,9,12,14H,7-8,11H2,1-2H3,(H,19,20). The molecule has 0 bridgehead atoms. The molecule has 1 N–H and O–H groups in total. The Kier molecular flexibility index (Phi) is 3.76. The summed E-state index contributed by atoms with van der Waals surface area (Å²) in [4.78, 5) is 7.01. The minimum Gasteiger partial charge on any atom is -0.368 e. The van der Waals surface area contributed by atoms with Crippen molar-refractivity contribution < 1.29 is 0 Å². The highest BCUT2D eigenvalue weighted by Crippen LogP contribution is 2.27. The zero-order chi connectivity index (χ0) is 14.8. The van der Waals surface area contributed by atoms with Crippen LogP contribution in [0.25, 0.3) is 10.9 Å². The first-order valence-corrected chi connectivity index (χ1v) is 7.44. The molecule has 21 heavy (non-hydrogen) atoms. The number of aromatic nitrogens is 1. The van der Waals surface area contributed by atoms with Gasteiger partial charge in [0, 0.05) is 24.0 Å². The maximum absolute atomic E-state index is 9.29. The van der Waals surface area contributed by atoms with Gasteiger partial charge in [0.05, 0.1) is 17.1 Å². The van der Waals surface area contributed by atoms with Crippen LogP contribution in [0.1, 0.15) is 25.3 Å². The zero-order valence-electron chi connectivity index (χ0n) is 12.5. The molecule has 0 radical (unpaired) electrons. The van der Waals surface area contributed by atoms with E-state index in [1.54, 1.807) is 0 Å². The third kappa shape index (κ3) is 2.98. The maximum atomic E-state index is 9.29. The highest BCUT2D eigenvalue weighted by atomic mass is 15.2. The number of likely N-dealkylation sites (N-methyl/N-ethyl adjacent to an activating group) is 1. The molecule has 1 aromatic heterocycles. The molecule has 1 aliphatic rings. The Morgan fingerprint density at radius 2 is 2.19 bits per heavy atom. The highest BCUT2D eigenvalue weighted by Gasteiger charge is 2.28.